The number of hydrogen-bond acceptors (Lipinski definition) is 3. The normalized spacial score (nSPS) is 10.8. The first kappa shape index (κ1) is 15.3. The van der Waals surface area contributed by atoms with Gasteiger partial charge in [-0.1, -0.05) is 19.1 Å². The van der Waals surface area contributed by atoms with E-state index in [-0.39, 0.29) is 24.9 Å². The van der Waals surface area contributed by atoms with Crippen molar-refractivity contribution in [1.29, 1.82) is 0 Å². The molecule has 0 saturated carbocycles. The number of amides is 1. The third-order valence-corrected chi connectivity index (χ3v) is 3.56. The number of hydrogen-bond donors (Lipinski definition) is 1. The fraction of sp³-hybridized carbons (Fsp3) is 0.375. The van der Waals surface area contributed by atoms with E-state index in [0.29, 0.717) is 0 Å². The fourth-order valence-corrected chi connectivity index (χ4v) is 2.26. The molecule has 2 aromatic rings. The van der Waals surface area contributed by atoms with Crippen LogP contribution in [0.2, 0.25) is 0 Å². The first-order valence-electron chi connectivity index (χ1n) is 7.08. The lowest BCUT2D eigenvalue weighted by molar-refractivity contribution is -0.128. The summed E-state index contributed by atoms with van der Waals surface area (Å²) in [6, 6.07) is 8.04. The van der Waals surface area contributed by atoms with Crippen LogP contribution in [0, 0.1) is 0 Å². The zero-order valence-corrected chi connectivity index (χ0v) is 12.7. The number of nitrogens with zero attached hydrogens (tertiary/aromatic N) is 2. The van der Waals surface area contributed by atoms with E-state index in [2.05, 4.69) is 18.3 Å². The monoisotopic (exact) mass is 287 g/mol. The first-order chi connectivity index (χ1) is 10.1. The van der Waals surface area contributed by atoms with Crippen molar-refractivity contribution in [2.45, 2.75) is 13.3 Å². The summed E-state index contributed by atoms with van der Waals surface area (Å²) in [5, 5.41) is 3.82. The molecular formula is C16H21N3O2. The van der Waals surface area contributed by atoms with Gasteiger partial charge in [0.1, 0.15) is 6.54 Å². The summed E-state index contributed by atoms with van der Waals surface area (Å²) in [6.07, 6.45) is 2.69. The Morgan fingerprint density at radius 2 is 2.05 bits per heavy atom. The van der Waals surface area contributed by atoms with E-state index in [1.165, 1.54) is 10.5 Å². The van der Waals surface area contributed by atoms with Gasteiger partial charge in [-0.15, -0.1) is 0 Å². The lowest BCUT2D eigenvalue weighted by Gasteiger charge is -2.16. The summed E-state index contributed by atoms with van der Waals surface area (Å²) in [7, 11) is 3.35. The van der Waals surface area contributed by atoms with Gasteiger partial charge in [-0.05, 0) is 31.2 Å². The Labute approximate surface area is 124 Å². The number of aryl methyl sites for hydroxylation is 1. The Balaban J connectivity index is 2.21. The van der Waals surface area contributed by atoms with Gasteiger partial charge < -0.3 is 10.2 Å². The highest BCUT2D eigenvalue weighted by atomic mass is 16.2. The second-order valence-electron chi connectivity index (χ2n) is 5.11. The van der Waals surface area contributed by atoms with Crippen LogP contribution in [0.15, 0.2) is 30.5 Å². The maximum atomic E-state index is 12.4. The van der Waals surface area contributed by atoms with E-state index in [1.54, 1.807) is 24.9 Å². The average molecular weight is 287 g/mol. The summed E-state index contributed by atoms with van der Waals surface area (Å²) >= 11 is 0. The number of aromatic nitrogens is 1. The largest absolute Gasteiger partial charge is 0.335 e. The van der Waals surface area contributed by atoms with E-state index in [4.69, 9.17) is 0 Å². The summed E-state index contributed by atoms with van der Waals surface area (Å²) in [6.45, 7) is 2.39. The molecule has 1 aromatic carbocycles. The molecular weight excluding hydrogens is 266 g/mol. The maximum Gasteiger partial charge on any atom is 0.250 e. The summed E-state index contributed by atoms with van der Waals surface area (Å²) in [4.78, 5) is 25.5. The van der Waals surface area contributed by atoms with Crippen molar-refractivity contribution in [2.24, 2.45) is 0 Å². The summed E-state index contributed by atoms with van der Waals surface area (Å²) in [5.74, 6) is -0.207. The number of carbonyl (C=O) groups excluding carboxylic acids is 2. The number of likely N-dealkylation sites (N-methyl/N-ethyl adjacent to an activating group) is 2. The van der Waals surface area contributed by atoms with Crippen molar-refractivity contribution in [3.8, 4) is 0 Å². The third-order valence-electron chi connectivity index (χ3n) is 3.56. The second kappa shape index (κ2) is 6.54. The van der Waals surface area contributed by atoms with Gasteiger partial charge >= 0.3 is 0 Å². The van der Waals surface area contributed by atoms with Crippen molar-refractivity contribution in [3.63, 3.8) is 0 Å². The first-order valence-corrected chi connectivity index (χ1v) is 7.08. The Morgan fingerprint density at radius 1 is 1.29 bits per heavy atom. The molecule has 112 valence electrons. The van der Waals surface area contributed by atoms with E-state index < -0.39 is 0 Å². The molecule has 21 heavy (non-hydrogen) atoms. The molecule has 0 aliphatic rings. The Bertz CT molecular complexity index is 661. The molecule has 5 nitrogen and oxygen atoms in total. The van der Waals surface area contributed by atoms with E-state index >= 15 is 0 Å². The lowest BCUT2D eigenvalue weighted by atomic mass is 10.1. The molecule has 0 saturated heterocycles. The third kappa shape index (κ3) is 3.31. The summed E-state index contributed by atoms with van der Waals surface area (Å²) < 4.78 is 1.62. The van der Waals surface area contributed by atoms with Gasteiger partial charge in [-0.2, -0.15) is 0 Å². The lowest BCUT2D eigenvalue weighted by Crippen LogP contribution is -2.38. The maximum absolute atomic E-state index is 12.4. The smallest absolute Gasteiger partial charge is 0.250 e. The van der Waals surface area contributed by atoms with Crippen LogP contribution in [0.1, 0.15) is 17.3 Å². The zero-order valence-electron chi connectivity index (χ0n) is 12.7. The molecule has 2 rings (SSSR count). The molecule has 5 heteroatoms. The number of fused-ring (bicyclic) bond motifs is 1. The van der Waals surface area contributed by atoms with Gasteiger partial charge in [0.25, 0.3) is 5.91 Å². The van der Waals surface area contributed by atoms with Crippen molar-refractivity contribution < 1.29 is 9.59 Å². The minimum atomic E-state index is -0.106. The predicted octanol–water partition coefficient (Wildman–Crippen LogP) is 1.52. The van der Waals surface area contributed by atoms with Gasteiger partial charge in [0.15, 0.2) is 0 Å². The molecule has 1 amide bonds. The molecule has 1 aromatic heterocycles. The topological polar surface area (TPSA) is 54.3 Å². The van der Waals surface area contributed by atoms with Gasteiger partial charge in [0, 0.05) is 18.6 Å². The molecule has 1 heterocycles. The SMILES string of the molecule is CCc1ccc2ccn(C(=O)CN(C)C(=O)CNC)c2c1. The molecule has 0 unspecified atom stereocenters. The van der Waals surface area contributed by atoms with Crippen LogP contribution in [0.4, 0.5) is 0 Å². The Morgan fingerprint density at radius 3 is 2.71 bits per heavy atom. The Kier molecular flexibility index (Phi) is 4.75. The quantitative estimate of drug-likeness (QED) is 0.907. The van der Waals surface area contributed by atoms with Gasteiger partial charge in [0.2, 0.25) is 5.91 Å². The van der Waals surface area contributed by atoms with Crippen LogP contribution in [-0.2, 0) is 11.2 Å². The molecule has 0 aliphatic carbocycles. The van der Waals surface area contributed by atoms with Crippen LogP contribution in [-0.4, -0.2) is 48.5 Å². The fourth-order valence-electron chi connectivity index (χ4n) is 2.26. The highest BCUT2D eigenvalue weighted by Gasteiger charge is 2.15. The van der Waals surface area contributed by atoms with Crippen LogP contribution in [0.5, 0.6) is 0 Å². The van der Waals surface area contributed by atoms with Crippen LogP contribution >= 0.6 is 0 Å². The minimum absolute atomic E-state index is 0.0701. The molecule has 0 fully saturated rings. The van der Waals surface area contributed by atoms with E-state index in [0.717, 1.165) is 17.3 Å². The van der Waals surface area contributed by atoms with E-state index in [1.807, 2.05) is 18.2 Å². The average Bonchev–Trinajstić information content (AvgIpc) is 2.90. The zero-order chi connectivity index (χ0) is 15.4. The minimum Gasteiger partial charge on any atom is -0.335 e. The van der Waals surface area contributed by atoms with Crippen molar-refractivity contribution in [2.75, 3.05) is 27.2 Å². The van der Waals surface area contributed by atoms with Crippen molar-refractivity contribution >= 4 is 22.7 Å². The highest BCUT2D eigenvalue weighted by Crippen LogP contribution is 2.18. The van der Waals surface area contributed by atoms with Crippen molar-refractivity contribution in [3.05, 3.63) is 36.0 Å². The highest BCUT2D eigenvalue weighted by molar-refractivity contribution is 5.95. The number of carbonyl (C=O) groups is 2. The molecule has 0 radical (unpaired) electrons. The summed E-state index contributed by atoms with van der Waals surface area (Å²) in [5.41, 5.74) is 2.09. The van der Waals surface area contributed by atoms with Crippen LogP contribution in [0.25, 0.3) is 10.9 Å². The van der Waals surface area contributed by atoms with Crippen molar-refractivity contribution in [1.82, 2.24) is 14.8 Å². The molecule has 0 aliphatic heterocycles. The van der Waals surface area contributed by atoms with Crippen LogP contribution < -0.4 is 5.32 Å². The van der Waals surface area contributed by atoms with Gasteiger partial charge in [0.05, 0.1) is 12.1 Å². The number of rotatable bonds is 5. The Hall–Kier alpha value is -2.14. The standard InChI is InChI=1S/C16H21N3O2/c1-4-12-5-6-13-7-8-19(14(13)9-12)16(21)11-18(3)15(20)10-17-2/h5-9,17H,4,10-11H2,1-3H3. The van der Waals surface area contributed by atoms with E-state index in [9.17, 15) is 9.59 Å². The molecule has 0 bridgehead atoms. The molecule has 0 atom stereocenters. The number of benzene rings is 1. The van der Waals surface area contributed by atoms with Gasteiger partial charge in [-0.25, -0.2) is 0 Å². The number of nitrogens with one attached hydrogen (secondary N) is 1. The van der Waals surface area contributed by atoms with Crippen LogP contribution in [0.3, 0.4) is 0 Å². The second-order valence-corrected chi connectivity index (χ2v) is 5.11. The molecule has 1 N–H and O–H groups in total. The molecule has 0 spiro atoms. The van der Waals surface area contributed by atoms with Gasteiger partial charge in [-0.3, -0.25) is 14.2 Å². The predicted molar refractivity (Wildman–Crippen MR) is 83.5 cm³/mol.